The Bertz CT molecular complexity index is 1020. The van der Waals surface area contributed by atoms with Crippen LogP contribution in [-0.2, 0) is 21.2 Å². The highest BCUT2D eigenvalue weighted by Crippen LogP contribution is 2.39. The summed E-state index contributed by atoms with van der Waals surface area (Å²) in [5.74, 6) is 0.0799. The molecule has 2 atom stereocenters. The molecule has 0 aromatic heterocycles. The predicted molar refractivity (Wildman–Crippen MR) is 105 cm³/mol. The Labute approximate surface area is 163 Å². The third-order valence-corrected chi connectivity index (χ3v) is 6.29. The molecule has 2 aliphatic heterocycles. The number of amides is 1. The molecule has 0 bridgehead atoms. The van der Waals surface area contributed by atoms with Gasteiger partial charge in [0.05, 0.1) is 18.5 Å². The van der Waals surface area contributed by atoms with Crippen LogP contribution in [0.5, 0.6) is 5.75 Å². The van der Waals surface area contributed by atoms with Crippen LogP contribution >= 0.6 is 11.6 Å². The Balaban J connectivity index is 1.71. The zero-order valence-electron chi connectivity index (χ0n) is 14.9. The number of carbonyl (C=O) groups excluding carboxylic acids is 1. The maximum atomic E-state index is 13.3. The first-order chi connectivity index (χ1) is 12.8. The van der Waals surface area contributed by atoms with Crippen LogP contribution in [0.3, 0.4) is 0 Å². The second-order valence-corrected chi connectivity index (χ2v) is 9.25. The fourth-order valence-electron chi connectivity index (χ4n) is 3.72. The smallest absolute Gasteiger partial charge is 0.270 e. The van der Waals surface area contributed by atoms with Crippen molar-refractivity contribution in [2.45, 2.75) is 25.5 Å². The van der Waals surface area contributed by atoms with Gasteiger partial charge in [-0.2, -0.15) is 0 Å². The maximum Gasteiger partial charge on any atom is 0.270 e. The molecule has 142 valence electrons. The number of hydrogen-bond donors (Lipinski definition) is 0. The Morgan fingerprint density at radius 3 is 2.67 bits per heavy atom. The van der Waals surface area contributed by atoms with Crippen molar-refractivity contribution in [1.29, 1.82) is 0 Å². The Hall–Kier alpha value is -2.25. The third kappa shape index (κ3) is 3.15. The fourth-order valence-corrected chi connectivity index (χ4v) is 4.80. The number of rotatable bonds is 2. The fraction of sp³-hybridized carbons (Fsp3) is 0.316. The van der Waals surface area contributed by atoms with Crippen molar-refractivity contribution in [3.63, 3.8) is 0 Å². The van der Waals surface area contributed by atoms with E-state index in [1.165, 1.54) is 10.4 Å². The van der Waals surface area contributed by atoms with E-state index in [1.54, 1.807) is 17.0 Å². The van der Waals surface area contributed by atoms with Crippen molar-refractivity contribution < 1.29 is 17.9 Å². The summed E-state index contributed by atoms with van der Waals surface area (Å²) in [7, 11) is -3.60. The van der Waals surface area contributed by atoms with Gasteiger partial charge < -0.3 is 9.64 Å². The molecule has 1 amide bonds. The first-order valence-corrected chi connectivity index (χ1v) is 10.8. The number of halogens is 1. The largest absolute Gasteiger partial charge is 0.476 e. The van der Waals surface area contributed by atoms with E-state index in [2.05, 4.69) is 0 Å². The van der Waals surface area contributed by atoms with Gasteiger partial charge in [-0.15, -0.1) is 0 Å². The summed E-state index contributed by atoms with van der Waals surface area (Å²) in [6.07, 6.45) is 0.941. The van der Waals surface area contributed by atoms with Gasteiger partial charge in [0.1, 0.15) is 5.75 Å². The van der Waals surface area contributed by atoms with Crippen molar-refractivity contribution in [2.24, 2.45) is 0 Å². The van der Waals surface area contributed by atoms with E-state index in [0.29, 0.717) is 16.5 Å². The minimum absolute atomic E-state index is 0.0169. The van der Waals surface area contributed by atoms with Crippen LogP contribution in [0.15, 0.2) is 42.5 Å². The summed E-state index contributed by atoms with van der Waals surface area (Å²) in [6.45, 7) is 1.89. The molecule has 0 unspecified atom stereocenters. The third-order valence-electron chi connectivity index (χ3n) is 4.91. The van der Waals surface area contributed by atoms with Gasteiger partial charge in [0.2, 0.25) is 10.0 Å². The van der Waals surface area contributed by atoms with Crippen LogP contribution < -0.4 is 13.9 Å². The molecule has 8 heteroatoms. The zero-order chi connectivity index (χ0) is 19.3. The Kier molecular flexibility index (Phi) is 4.31. The summed E-state index contributed by atoms with van der Waals surface area (Å²) in [5, 5.41) is 0.401. The average Bonchev–Trinajstić information content (AvgIpc) is 2.95. The number of anilines is 2. The molecule has 27 heavy (non-hydrogen) atoms. The second-order valence-electron chi connectivity index (χ2n) is 6.90. The van der Waals surface area contributed by atoms with E-state index in [-0.39, 0.29) is 18.5 Å². The topological polar surface area (TPSA) is 66.9 Å². The van der Waals surface area contributed by atoms with Gasteiger partial charge in [-0.05, 0) is 43.2 Å². The number of benzene rings is 2. The van der Waals surface area contributed by atoms with Crippen LogP contribution in [0.2, 0.25) is 5.02 Å². The van der Waals surface area contributed by atoms with Crippen molar-refractivity contribution in [3.8, 4) is 5.75 Å². The summed E-state index contributed by atoms with van der Waals surface area (Å²) in [5.41, 5.74) is 2.30. The number of hydrogen-bond acceptors (Lipinski definition) is 4. The van der Waals surface area contributed by atoms with Crippen LogP contribution in [0, 0.1) is 0 Å². The van der Waals surface area contributed by atoms with E-state index in [9.17, 15) is 13.2 Å². The molecular weight excluding hydrogens is 388 g/mol. The molecule has 0 fully saturated rings. The van der Waals surface area contributed by atoms with Crippen molar-refractivity contribution in [2.75, 3.05) is 22.0 Å². The molecule has 0 saturated heterocycles. The summed E-state index contributed by atoms with van der Waals surface area (Å²) >= 11 is 6.02. The maximum absolute atomic E-state index is 13.3. The van der Waals surface area contributed by atoms with E-state index < -0.39 is 16.1 Å². The highest BCUT2D eigenvalue weighted by Gasteiger charge is 2.40. The first kappa shape index (κ1) is 18.1. The lowest BCUT2D eigenvalue weighted by Crippen LogP contribution is -2.53. The number of para-hydroxylation sites is 1. The molecule has 6 nitrogen and oxygen atoms in total. The lowest BCUT2D eigenvalue weighted by Gasteiger charge is -2.36. The highest BCUT2D eigenvalue weighted by atomic mass is 35.5. The van der Waals surface area contributed by atoms with Crippen LogP contribution in [0.25, 0.3) is 0 Å². The molecule has 2 aromatic carbocycles. The molecule has 0 radical (unpaired) electrons. The lowest BCUT2D eigenvalue weighted by molar-refractivity contribution is -0.125. The van der Waals surface area contributed by atoms with Crippen LogP contribution in [-0.4, -0.2) is 39.3 Å². The van der Waals surface area contributed by atoms with Gasteiger partial charge in [0.25, 0.3) is 5.91 Å². The average molecular weight is 407 g/mol. The van der Waals surface area contributed by atoms with Crippen molar-refractivity contribution >= 4 is 38.9 Å². The van der Waals surface area contributed by atoms with Crippen LogP contribution in [0.1, 0.15) is 12.5 Å². The first-order valence-electron chi connectivity index (χ1n) is 8.60. The number of ether oxygens (including phenoxy) is 1. The van der Waals surface area contributed by atoms with Crippen molar-refractivity contribution in [1.82, 2.24) is 0 Å². The van der Waals surface area contributed by atoms with E-state index in [1.807, 2.05) is 31.2 Å². The SMILES string of the molecule is C[C@H]1Cc2ccccc2N1C(=O)[C@H]1CN(S(C)(=O)=O)c2cc(Cl)ccc2O1. The number of sulfonamides is 1. The van der Waals surface area contributed by atoms with Gasteiger partial charge in [-0.1, -0.05) is 29.8 Å². The van der Waals surface area contributed by atoms with Crippen molar-refractivity contribution in [3.05, 3.63) is 53.1 Å². The molecule has 2 aliphatic rings. The Morgan fingerprint density at radius 2 is 1.93 bits per heavy atom. The number of nitrogens with zero attached hydrogens (tertiary/aromatic N) is 2. The predicted octanol–water partition coefficient (Wildman–Crippen LogP) is 2.84. The molecule has 0 saturated carbocycles. The molecule has 0 N–H and O–H groups in total. The van der Waals surface area contributed by atoms with E-state index >= 15 is 0 Å². The van der Waals surface area contributed by atoms with Gasteiger partial charge in [0, 0.05) is 16.8 Å². The van der Waals surface area contributed by atoms with Gasteiger partial charge >= 0.3 is 0 Å². The van der Waals surface area contributed by atoms with Crippen LogP contribution in [0.4, 0.5) is 11.4 Å². The highest BCUT2D eigenvalue weighted by molar-refractivity contribution is 7.92. The monoisotopic (exact) mass is 406 g/mol. The number of fused-ring (bicyclic) bond motifs is 2. The minimum atomic E-state index is -3.60. The lowest BCUT2D eigenvalue weighted by atomic mass is 10.1. The molecule has 0 aliphatic carbocycles. The zero-order valence-corrected chi connectivity index (χ0v) is 16.5. The molecular formula is C19H19ClN2O4S. The van der Waals surface area contributed by atoms with E-state index in [4.69, 9.17) is 16.3 Å². The molecule has 0 spiro atoms. The normalized spacial score (nSPS) is 21.4. The minimum Gasteiger partial charge on any atom is -0.476 e. The van der Waals surface area contributed by atoms with E-state index in [0.717, 1.165) is 23.9 Å². The quantitative estimate of drug-likeness (QED) is 0.769. The summed E-state index contributed by atoms with van der Waals surface area (Å²) < 4.78 is 31.7. The van der Waals surface area contributed by atoms with Gasteiger partial charge in [-0.3, -0.25) is 9.10 Å². The molecule has 2 heterocycles. The Morgan fingerprint density at radius 1 is 1.19 bits per heavy atom. The number of carbonyl (C=O) groups is 1. The summed E-state index contributed by atoms with van der Waals surface area (Å²) in [6, 6.07) is 12.5. The standard InChI is InChI=1S/C19H19ClN2O4S/c1-12-9-13-5-3-4-6-15(13)22(12)19(23)18-11-21(27(2,24)25)16-10-14(20)7-8-17(16)26-18/h3-8,10,12,18H,9,11H2,1-2H3/t12-,18+/m0/s1. The van der Waals surface area contributed by atoms with Gasteiger partial charge in [0.15, 0.2) is 6.10 Å². The summed E-state index contributed by atoms with van der Waals surface area (Å²) in [4.78, 5) is 15.0. The molecule has 2 aromatic rings. The molecule has 4 rings (SSSR count). The second kappa shape index (κ2) is 6.42. The van der Waals surface area contributed by atoms with Gasteiger partial charge in [-0.25, -0.2) is 8.42 Å².